The minimum Gasteiger partial charge on any atom is -0.481 e. The molecule has 0 radical (unpaired) electrons. The van der Waals surface area contributed by atoms with Crippen LogP contribution < -0.4 is 5.32 Å². The monoisotopic (exact) mass is 298 g/mol. The Hall–Kier alpha value is -1.43. The first kappa shape index (κ1) is 16.6. The zero-order chi connectivity index (χ0) is 15.7. The van der Waals surface area contributed by atoms with Crippen molar-refractivity contribution in [2.45, 2.75) is 47.6 Å². The van der Waals surface area contributed by atoms with Crippen LogP contribution in [0.1, 0.15) is 49.3 Å². The number of carbonyl (C=O) groups excluding carboxylic acids is 1. The number of carboxylic acids is 1. The average molecular weight is 298 g/mol. The molecule has 1 aromatic rings. The van der Waals surface area contributed by atoms with Crippen molar-refractivity contribution in [3.05, 3.63) is 15.6 Å². The van der Waals surface area contributed by atoms with Gasteiger partial charge in [0.05, 0.1) is 16.7 Å². The van der Waals surface area contributed by atoms with Crippen molar-refractivity contribution in [3.63, 3.8) is 0 Å². The van der Waals surface area contributed by atoms with Gasteiger partial charge in [-0.3, -0.25) is 9.59 Å². The lowest BCUT2D eigenvalue weighted by molar-refractivity contribution is -0.151. The number of nitrogens with zero attached hydrogens (tertiary/aromatic N) is 1. The Morgan fingerprint density at radius 3 is 2.20 bits per heavy atom. The van der Waals surface area contributed by atoms with Gasteiger partial charge in [-0.2, -0.15) is 0 Å². The molecule has 1 rings (SSSR count). The van der Waals surface area contributed by atoms with Crippen LogP contribution in [0.3, 0.4) is 0 Å². The van der Waals surface area contributed by atoms with Crippen LogP contribution in [0.5, 0.6) is 0 Å². The smallest absolute Gasteiger partial charge is 0.316 e. The highest BCUT2D eigenvalue weighted by Gasteiger charge is 2.38. The lowest BCUT2D eigenvalue weighted by Gasteiger charge is -2.27. The molecule has 0 saturated carbocycles. The van der Waals surface area contributed by atoms with E-state index < -0.39 is 23.2 Å². The second-order valence-electron chi connectivity index (χ2n) is 6.05. The lowest BCUT2D eigenvalue weighted by atomic mass is 9.80. The summed E-state index contributed by atoms with van der Waals surface area (Å²) in [5.41, 5.74) is 0.247. The molecule has 0 spiro atoms. The predicted molar refractivity (Wildman–Crippen MR) is 78.7 cm³/mol. The summed E-state index contributed by atoms with van der Waals surface area (Å²) in [6, 6.07) is -0.238. The number of rotatable bonds is 4. The van der Waals surface area contributed by atoms with Gasteiger partial charge in [0, 0.05) is 4.88 Å². The van der Waals surface area contributed by atoms with E-state index >= 15 is 0 Å². The summed E-state index contributed by atoms with van der Waals surface area (Å²) in [5.74, 6) is -2.62. The first-order valence-corrected chi connectivity index (χ1v) is 7.32. The minimum absolute atomic E-state index is 0.238. The second kappa shape index (κ2) is 5.91. The van der Waals surface area contributed by atoms with Crippen molar-refractivity contribution < 1.29 is 14.7 Å². The molecule has 2 atom stereocenters. The number of nitrogens with one attached hydrogen (secondary N) is 1. The fraction of sp³-hybridized carbons (Fsp3) is 0.643. The summed E-state index contributed by atoms with van der Waals surface area (Å²) in [7, 11) is 0. The quantitative estimate of drug-likeness (QED) is 0.838. The maximum atomic E-state index is 12.2. The van der Waals surface area contributed by atoms with Crippen LogP contribution in [0, 0.1) is 25.2 Å². The van der Waals surface area contributed by atoms with Crippen molar-refractivity contribution in [2.24, 2.45) is 11.3 Å². The van der Waals surface area contributed by atoms with Crippen LogP contribution in [-0.2, 0) is 9.59 Å². The van der Waals surface area contributed by atoms with Crippen LogP contribution in [-0.4, -0.2) is 22.0 Å². The van der Waals surface area contributed by atoms with Crippen molar-refractivity contribution in [1.82, 2.24) is 10.3 Å². The van der Waals surface area contributed by atoms with Gasteiger partial charge in [0.15, 0.2) is 0 Å². The first-order valence-electron chi connectivity index (χ1n) is 6.51. The molecular formula is C14H22N2O3S. The van der Waals surface area contributed by atoms with Crippen molar-refractivity contribution in [3.8, 4) is 0 Å². The molecule has 112 valence electrons. The highest BCUT2D eigenvalue weighted by atomic mass is 32.1. The lowest BCUT2D eigenvalue weighted by Crippen LogP contribution is -2.43. The fourth-order valence-electron chi connectivity index (χ4n) is 2.19. The SMILES string of the molecule is Cc1nc(C)c(C(C)NC(=O)C(C(=O)O)C(C)(C)C)s1. The number of hydrogen-bond donors (Lipinski definition) is 2. The number of aryl methyl sites for hydroxylation is 2. The van der Waals surface area contributed by atoms with Gasteiger partial charge in [-0.1, -0.05) is 20.8 Å². The zero-order valence-electron chi connectivity index (χ0n) is 12.8. The Bertz CT molecular complexity index is 517. The molecule has 0 bridgehead atoms. The molecule has 0 aromatic carbocycles. The summed E-state index contributed by atoms with van der Waals surface area (Å²) < 4.78 is 0. The van der Waals surface area contributed by atoms with E-state index in [-0.39, 0.29) is 6.04 Å². The van der Waals surface area contributed by atoms with Gasteiger partial charge in [-0.05, 0) is 26.2 Å². The van der Waals surface area contributed by atoms with Crippen LogP contribution in [0.25, 0.3) is 0 Å². The standard InChI is InChI=1S/C14H22N2O3S/c1-7-11(20-9(3)15-7)8(2)16-12(17)10(13(18)19)14(4,5)6/h8,10H,1-6H3,(H,16,17)(H,18,19). The van der Waals surface area contributed by atoms with E-state index in [2.05, 4.69) is 10.3 Å². The van der Waals surface area contributed by atoms with Gasteiger partial charge >= 0.3 is 5.97 Å². The Morgan fingerprint density at radius 1 is 1.30 bits per heavy atom. The van der Waals surface area contributed by atoms with E-state index in [0.29, 0.717) is 0 Å². The summed E-state index contributed by atoms with van der Waals surface area (Å²) >= 11 is 1.52. The number of amides is 1. The number of thiazole rings is 1. The normalized spacial score (nSPS) is 14.7. The van der Waals surface area contributed by atoms with E-state index in [1.54, 1.807) is 20.8 Å². The molecule has 0 aliphatic heterocycles. The summed E-state index contributed by atoms with van der Waals surface area (Å²) in [5, 5.41) is 13.0. The average Bonchev–Trinajstić information content (AvgIpc) is 2.54. The largest absolute Gasteiger partial charge is 0.481 e. The summed E-state index contributed by atoms with van der Waals surface area (Å²) in [4.78, 5) is 28.8. The van der Waals surface area contributed by atoms with E-state index in [1.165, 1.54) is 11.3 Å². The number of aromatic nitrogens is 1. The molecule has 1 heterocycles. The third-order valence-electron chi connectivity index (χ3n) is 3.07. The second-order valence-corrected chi connectivity index (χ2v) is 7.28. The van der Waals surface area contributed by atoms with Gasteiger partial charge in [0.25, 0.3) is 0 Å². The third-order valence-corrected chi connectivity index (χ3v) is 4.32. The van der Waals surface area contributed by atoms with Crippen molar-refractivity contribution in [2.75, 3.05) is 0 Å². The molecule has 2 N–H and O–H groups in total. The Kier molecular flexibility index (Phi) is 4.91. The van der Waals surface area contributed by atoms with Crippen LogP contribution >= 0.6 is 11.3 Å². The molecule has 0 fully saturated rings. The molecule has 20 heavy (non-hydrogen) atoms. The highest BCUT2D eigenvalue weighted by Crippen LogP contribution is 2.29. The number of aliphatic carboxylic acids is 1. The number of hydrogen-bond acceptors (Lipinski definition) is 4. The minimum atomic E-state index is -1.10. The maximum Gasteiger partial charge on any atom is 0.316 e. The Balaban J connectivity index is 2.89. The maximum absolute atomic E-state index is 12.2. The molecule has 6 heteroatoms. The van der Waals surface area contributed by atoms with Gasteiger partial charge in [-0.15, -0.1) is 11.3 Å². The van der Waals surface area contributed by atoms with E-state index in [9.17, 15) is 14.7 Å². The van der Waals surface area contributed by atoms with Gasteiger partial charge < -0.3 is 10.4 Å². The van der Waals surface area contributed by atoms with Gasteiger partial charge in [0.2, 0.25) is 5.91 Å². The molecule has 2 unspecified atom stereocenters. The van der Waals surface area contributed by atoms with E-state index in [0.717, 1.165) is 15.6 Å². The van der Waals surface area contributed by atoms with Gasteiger partial charge in [0.1, 0.15) is 5.92 Å². The third kappa shape index (κ3) is 3.79. The van der Waals surface area contributed by atoms with E-state index in [1.807, 2.05) is 20.8 Å². The fourth-order valence-corrected chi connectivity index (χ4v) is 3.12. The van der Waals surface area contributed by atoms with E-state index in [4.69, 9.17) is 0 Å². The molecule has 1 aromatic heterocycles. The molecule has 0 aliphatic rings. The zero-order valence-corrected chi connectivity index (χ0v) is 13.6. The highest BCUT2D eigenvalue weighted by molar-refractivity contribution is 7.11. The number of carboxylic acid groups (broad SMARTS) is 1. The molecule has 0 saturated heterocycles. The Morgan fingerprint density at radius 2 is 1.85 bits per heavy atom. The van der Waals surface area contributed by atoms with Crippen LogP contribution in [0.4, 0.5) is 0 Å². The molecule has 0 aliphatic carbocycles. The van der Waals surface area contributed by atoms with Crippen LogP contribution in [0.15, 0.2) is 0 Å². The molecule has 1 amide bonds. The molecular weight excluding hydrogens is 276 g/mol. The van der Waals surface area contributed by atoms with Crippen LogP contribution in [0.2, 0.25) is 0 Å². The Labute approximate surface area is 123 Å². The topological polar surface area (TPSA) is 79.3 Å². The predicted octanol–water partition coefficient (Wildman–Crippen LogP) is 2.68. The summed E-state index contributed by atoms with van der Waals surface area (Å²) in [6.07, 6.45) is 0. The molecule has 5 nitrogen and oxygen atoms in total. The van der Waals surface area contributed by atoms with Gasteiger partial charge in [-0.25, -0.2) is 4.98 Å². The summed E-state index contributed by atoms with van der Waals surface area (Å²) in [6.45, 7) is 10.9. The van der Waals surface area contributed by atoms with Crippen molar-refractivity contribution >= 4 is 23.2 Å². The van der Waals surface area contributed by atoms with Crippen molar-refractivity contribution in [1.29, 1.82) is 0 Å². The first-order chi connectivity index (χ1) is 9.04. The number of carbonyl (C=O) groups is 2.